The Morgan fingerprint density at radius 1 is 1.24 bits per heavy atom. The summed E-state index contributed by atoms with van der Waals surface area (Å²) in [6.45, 7) is 2.00. The molecule has 2 rings (SSSR count). The predicted molar refractivity (Wildman–Crippen MR) is 72.1 cm³/mol. The third-order valence-corrected chi connectivity index (χ3v) is 3.36. The van der Waals surface area contributed by atoms with E-state index in [2.05, 4.69) is 10.1 Å². The molecule has 0 aliphatic rings. The zero-order valence-electron chi connectivity index (χ0n) is 11.3. The molecule has 1 aromatic heterocycles. The molecule has 0 amide bonds. The second-order valence-electron chi connectivity index (χ2n) is 4.67. The molecule has 1 unspecified atom stereocenters. The van der Waals surface area contributed by atoms with E-state index in [-0.39, 0.29) is 11.8 Å². The Labute approximate surface area is 125 Å². The van der Waals surface area contributed by atoms with Gasteiger partial charge in [0.05, 0.1) is 17.4 Å². The van der Waals surface area contributed by atoms with Crippen LogP contribution in [0.5, 0.6) is 0 Å². The van der Waals surface area contributed by atoms with Crippen LogP contribution < -0.4 is 0 Å². The van der Waals surface area contributed by atoms with Crippen molar-refractivity contribution >= 4 is 11.6 Å². The number of aromatic nitrogens is 2. The Balaban J connectivity index is 2.05. The Bertz CT molecular complexity index is 581. The van der Waals surface area contributed by atoms with Crippen molar-refractivity contribution in [3.63, 3.8) is 0 Å². The lowest BCUT2D eigenvalue weighted by Gasteiger charge is -2.06. The van der Waals surface area contributed by atoms with Crippen molar-refractivity contribution in [3.8, 4) is 0 Å². The molecular formula is C14H14ClF3N2O. The molecule has 7 heteroatoms. The molecule has 21 heavy (non-hydrogen) atoms. The van der Waals surface area contributed by atoms with Crippen LogP contribution >= 0.6 is 11.6 Å². The van der Waals surface area contributed by atoms with Gasteiger partial charge in [0, 0.05) is 0 Å². The number of hydrogen-bond acceptors (Lipinski definition) is 3. The van der Waals surface area contributed by atoms with Crippen molar-refractivity contribution in [2.24, 2.45) is 0 Å². The van der Waals surface area contributed by atoms with Gasteiger partial charge in [-0.2, -0.15) is 18.2 Å². The Morgan fingerprint density at radius 2 is 1.90 bits per heavy atom. The van der Waals surface area contributed by atoms with Crippen LogP contribution in [0, 0.1) is 0 Å². The highest BCUT2D eigenvalue weighted by Crippen LogP contribution is 2.29. The van der Waals surface area contributed by atoms with Crippen molar-refractivity contribution in [1.29, 1.82) is 0 Å². The van der Waals surface area contributed by atoms with E-state index in [1.165, 1.54) is 12.1 Å². The molecule has 0 saturated carbocycles. The average Bonchev–Trinajstić information content (AvgIpc) is 2.87. The molecule has 0 aliphatic heterocycles. The van der Waals surface area contributed by atoms with Crippen LogP contribution in [0.25, 0.3) is 0 Å². The van der Waals surface area contributed by atoms with Gasteiger partial charge in [0.15, 0.2) is 5.82 Å². The highest BCUT2D eigenvalue weighted by molar-refractivity contribution is 6.20. The molecular weight excluding hydrogens is 305 g/mol. The Morgan fingerprint density at radius 3 is 2.48 bits per heavy atom. The molecule has 2 aromatic rings. The van der Waals surface area contributed by atoms with Gasteiger partial charge >= 0.3 is 6.18 Å². The van der Waals surface area contributed by atoms with E-state index in [0.29, 0.717) is 17.3 Å². The molecule has 3 nitrogen and oxygen atoms in total. The van der Waals surface area contributed by atoms with E-state index < -0.39 is 11.7 Å². The van der Waals surface area contributed by atoms with Gasteiger partial charge in [-0.15, -0.1) is 11.6 Å². The number of halogens is 4. The molecule has 0 saturated heterocycles. The lowest BCUT2D eigenvalue weighted by molar-refractivity contribution is -0.137. The second-order valence-corrected chi connectivity index (χ2v) is 5.20. The molecule has 0 fully saturated rings. The van der Waals surface area contributed by atoms with Crippen LogP contribution in [0.4, 0.5) is 13.2 Å². The minimum Gasteiger partial charge on any atom is -0.339 e. The maximum atomic E-state index is 12.5. The standard InChI is InChI=1S/C14H14ClF3N2O/c1-2-3-11(15)13-19-12(21-20-13)8-9-4-6-10(7-5-9)14(16,17)18/h4-7,11H,2-3,8H2,1H3. The van der Waals surface area contributed by atoms with Gasteiger partial charge < -0.3 is 4.52 Å². The molecule has 1 aromatic carbocycles. The molecule has 114 valence electrons. The number of hydrogen-bond donors (Lipinski definition) is 0. The minimum absolute atomic E-state index is 0.279. The maximum Gasteiger partial charge on any atom is 0.416 e. The van der Waals surface area contributed by atoms with Crippen molar-refractivity contribution < 1.29 is 17.7 Å². The summed E-state index contributed by atoms with van der Waals surface area (Å²) in [5.41, 5.74) is -0.0129. The smallest absolute Gasteiger partial charge is 0.339 e. The molecule has 0 bridgehead atoms. The van der Waals surface area contributed by atoms with Crippen LogP contribution in [0.3, 0.4) is 0 Å². The van der Waals surface area contributed by atoms with E-state index in [9.17, 15) is 13.2 Å². The predicted octanol–water partition coefficient (Wildman–Crippen LogP) is 4.76. The summed E-state index contributed by atoms with van der Waals surface area (Å²) in [6.07, 6.45) is -2.42. The molecule has 0 aliphatic carbocycles. The van der Waals surface area contributed by atoms with Gasteiger partial charge in [-0.25, -0.2) is 0 Å². The topological polar surface area (TPSA) is 38.9 Å². The largest absolute Gasteiger partial charge is 0.416 e. The van der Waals surface area contributed by atoms with Crippen molar-refractivity contribution in [2.45, 2.75) is 37.7 Å². The van der Waals surface area contributed by atoms with Crippen molar-refractivity contribution in [3.05, 3.63) is 47.1 Å². The number of rotatable bonds is 5. The first kappa shape index (κ1) is 15.8. The molecule has 0 radical (unpaired) electrons. The summed E-state index contributed by atoms with van der Waals surface area (Å²) in [4.78, 5) is 4.16. The van der Waals surface area contributed by atoms with Crippen LogP contribution in [0.1, 0.15) is 48.0 Å². The van der Waals surface area contributed by atoms with Gasteiger partial charge in [0.1, 0.15) is 0 Å². The molecule has 0 spiro atoms. The van der Waals surface area contributed by atoms with Crippen molar-refractivity contribution in [1.82, 2.24) is 10.1 Å². The molecule has 1 atom stereocenters. The monoisotopic (exact) mass is 318 g/mol. The molecule has 0 N–H and O–H groups in total. The quantitative estimate of drug-likeness (QED) is 0.746. The van der Waals surface area contributed by atoms with Gasteiger partial charge in [-0.3, -0.25) is 0 Å². The van der Waals surface area contributed by atoms with E-state index >= 15 is 0 Å². The van der Waals surface area contributed by atoms with E-state index in [1.807, 2.05) is 6.92 Å². The normalized spacial score (nSPS) is 13.4. The molecule has 1 heterocycles. The zero-order valence-corrected chi connectivity index (χ0v) is 12.1. The maximum absolute atomic E-state index is 12.5. The van der Waals surface area contributed by atoms with Gasteiger partial charge in [-0.05, 0) is 24.1 Å². The number of alkyl halides is 4. The van der Waals surface area contributed by atoms with Gasteiger partial charge in [0.25, 0.3) is 0 Å². The minimum atomic E-state index is -4.33. The summed E-state index contributed by atoms with van der Waals surface area (Å²) in [5, 5.41) is 3.48. The first-order valence-corrected chi connectivity index (χ1v) is 6.96. The second kappa shape index (κ2) is 6.47. The van der Waals surface area contributed by atoms with Gasteiger partial charge in [0.2, 0.25) is 5.89 Å². The summed E-state index contributed by atoms with van der Waals surface area (Å²) >= 11 is 6.08. The first-order chi connectivity index (χ1) is 9.90. The average molecular weight is 319 g/mol. The van der Waals surface area contributed by atoms with Crippen LogP contribution in [-0.4, -0.2) is 10.1 Å². The fourth-order valence-corrected chi connectivity index (χ4v) is 2.14. The fraction of sp³-hybridized carbons (Fsp3) is 0.429. The fourth-order valence-electron chi connectivity index (χ4n) is 1.84. The van der Waals surface area contributed by atoms with Gasteiger partial charge in [-0.1, -0.05) is 30.6 Å². The third kappa shape index (κ3) is 4.20. The van der Waals surface area contributed by atoms with Crippen LogP contribution in [-0.2, 0) is 12.6 Å². The summed E-state index contributed by atoms with van der Waals surface area (Å²) in [7, 11) is 0. The first-order valence-electron chi connectivity index (χ1n) is 6.53. The SMILES string of the molecule is CCCC(Cl)c1noc(Cc2ccc(C(F)(F)F)cc2)n1. The highest BCUT2D eigenvalue weighted by atomic mass is 35.5. The number of benzene rings is 1. The Hall–Kier alpha value is -1.56. The summed E-state index contributed by atoms with van der Waals surface area (Å²) in [5.74, 6) is 0.756. The zero-order chi connectivity index (χ0) is 15.5. The lowest BCUT2D eigenvalue weighted by atomic mass is 10.1. The van der Waals surface area contributed by atoms with Crippen LogP contribution in [0.2, 0.25) is 0 Å². The lowest BCUT2D eigenvalue weighted by Crippen LogP contribution is -2.04. The highest BCUT2D eigenvalue weighted by Gasteiger charge is 2.30. The van der Waals surface area contributed by atoms with Crippen LogP contribution in [0.15, 0.2) is 28.8 Å². The van der Waals surface area contributed by atoms with E-state index in [4.69, 9.17) is 16.1 Å². The van der Waals surface area contributed by atoms with E-state index in [0.717, 1.165) is 25.0 Å². The summed E-state index contributed by atoms with van der Waals surface area (Å²) < 4.78 is 42.4. The van der Waals surface area contributed by atoms with Crippen molar-refractivity contribution in [2.75, 3.05) is 0 Å². The van der Waals surface area contributed by atoms with E-state index in [1.54, 1.807) is 0 Å². The number of nitrogens with zero attached hydrogens (tertiary/aromatic N) is 2. The summed E-state index contributed by atoms with van der Waals surface area (Å²) in [6, 6.07) is 4.87. The Kier molecular flexibility index (Phi) is 4.88. The third-order valence-electron chi connectivity index (χ3n) is 2.94.